The molecule has 23 heavy (non-hydrogen) atoms. The zero-order valence-electron chi connectivity index (χ0n) is 13.9. The van der Waals surface area contributed by atoms with Gasteiger partial charge in [0.2, 0.25) is 10.0 Å². The summed E-state index contributed by atoms with van der Waals surface area (Å²) in [5.74, 6) is 0.871. The Kier molecular flexibility index (Phi) is 8.01. The molecule has 0 bridgehead atoms. The van der Waals surface area contributed by atoms with Crippen LogP contribution in [0.4, 0.5) is 0 Å². The van der Waals surface area contributed by atoms with Crippen molar-refractivity contribution in [2.24, 2.45) is 16.6 Å². The largest absolute Gasteiger partial charge is 0.383 e. The fourth-order valence-electron chi connectivity index (χ4n) is 1.68. The van der Waals surface area contributed by atoms with Crippen LogP contribution in [0.2, 0.25) is 0 Å². The summed E-state index contributed by atoms with van der Waals surface area (Å²) in [5, 5.41) is 3.03. The number of guanidine groups is 1. The fourth-order valence-corrected chi connectivity index (χ4v) is 2.69. The van der Waals surface area contributed by atoms with Gasteiger partial charge in [0.1, 0.15) is 0 Å². The average molecular weight is 342 g/mol. The molecule has 8 heteroatoms. The van der Waals surface area contributed by atoms with Crippen LogP contribution in [0.15, 0.2) is 34.2 Å². The second kappa shape index (κ2) is 9.49. The molecule has 0 atom stereocenters. The van der Waals surface area contributed by atoms with E-state index in [9.17, 15) is 8.42 Å². The van der Waals surface area contributed by atoms with Crippen molar-refractivity contribution in [2.45, 2.75) is 25.3 Å². The average Bonchev–Trinajstić information content (AvgIpc) is 2.51. The molecule has 0 fully saturated rings. The lowest BCUT2D eigenvalue weighted by Crippen LogP contribution is -2.34. The number of nitrogens with zero attached hydrogens (tertiary/aromatic N) is 1. The number of aliphatic imine (C=N–C) groups is 1. The van der Waals surface area contributed by atoms with E-state index >= 15 is 0 Å². The molecule has 0 radical (unpaired) electrons. The van der Waals surface area contributed by atoms with Crippen molar-refractivity contribution < 1.29 is 13.2 Å². The Morgan fingerprint density at radius 2 is 1.96 bits per heavy atom. The quantitative estimate of drug-likeness (QED) is 0.347. The third-order valence-electron chi connectivity index (χ3n) is 2.96. The summed E-state index contributed by atoms with van der Waals surface area (Å²) in [5.41, 5.74) is 6.64. The normalized spacial score (nSPS) is 12.6. The molecular weight excluding hydrogens is 316 g/mol. The van der Waals surface area contributed by atoms with Gasteiger partial charge in [-0.05, 0) is 23.6 Å². The Balaban J connectivity index is 2.61. The highest BCUT2D eigenvalue weighted by molar-refractivity contribution is 7.89. The maximum Gasteiger partial charge on any atom is 0.240 e. The summed E-state index contributed by atoms with van der Waals surface area (Å²) in [4.78, 5) is 4.44. The summed E-state index contributed by atoms with van der Waals surface area (Å²) in [6, 6.07) is 6.56. The van der Waals surface area contributed by atoms with Crippen molar-refractivity contribution in [1.82, 2.24) is 10.0 Å². The summed E-state index contributed by atoms with van der Waals surface area (Å²) in [6.45, 7) is 5.89. The second-order valence-corrected chi connectivity index (χ2v) is 7.28. The van der Waals surface area contributed by atoms with E-state index in [0.29, 0.717) is 25.0 Å². The lowest BCUT2D eigenvalue weighted by molar-refractivity contribution is 0.204. The smallest absolute Gasteiger partial charge is 0.240 e. The monoisotopic (exact) mass is 342 g/mol. The van der Waals surface area contributed by atoms with Crippen molar-refractivity contribution in [3.63, 3.8) is 0 Å². The lowest BCUT2D eigenvalue weighted by Gasteiger charge is -2.08. The van der Waals surface area contributed by atoms with Crippen LogP contribution in [0.5, 0.6) is 0 Å². The molecule has 0 saturated heterocycles. The molecule has 7 nitrogen and oxygen atoms in total. The van der Waals surface area contributed by atoms with Crippen molar-refractivity contribution in [2.75, 3.05) is 26.8 Å². The Morgan fingerprint density at radius 3 is 2.52 bits per heavy atom. The van der Waals surface area contributed by atoms with Gasteiger partial charge in [-0.2, -0.15) is 0 Å². The number of sulfonamides is 1. The summed E-state index contributed by atoms with van der Waals surface area (Å²) >= 11 is 0. The van der Waals surface area contributed by atoms with Crippen molar-refractivity contribution in [1.29, 1.82) is 0 Å². The molecular formula is C15H26N4O3S. The van der Waals surface area contributed by atoms with E-state index in [1.165, 1.54) is 7.11 Å². The maximum absolute atomic E-state index is 12.0. The van der Waals surface area contributed by atoms with E-state index in [0.717, 1.165) is 12.1 Å². The molecule has 0 aliphatic heterocycles. The number of hydrogen-bond acceptors (Lipinski definition) is 4. The van der Waals surface area contributed by atoms with E-state index in [-0.39, 0.29) is 11.4 Å². The molecule has 1 rings (SSSR count). The predicted molar refractivity (Wildman–Crippen MR) is 91.7 cm³/mol. The zero-order chi connectivity index (χ0) is 17.3. The van der Waals surface area contributed by atoms with Crippen LogP contribution < -0.4 is 15.8 Å². The molecule has 1 aromatic rings. The first-order chi connectivity index (χ1) is 10.8. The Morgan fingerprint density at radius 1 is 1.30 bits per heavy atom. The molecule has 0 aliphatic rings. The summed E-state index contributed by atoms with van der Waals surface area (Å²) < 4.78 is 31.3. The van der Waals surface area contributed by atoms with Crippen LogP contribution in [-0.4, -0.2) is 41.2 Å². The standard InChI is InChI=1S/C15H26N4O3S/c1-12(2)10-17-15(16)18-11-13-4-6-14(7-5-13)23(20,21)19-8-9-22-3/h4-7,12,19H,8-11H2,1-3H3,(H3,16,17,18). The van der Waals surface area contributed by atoms with Gasteiger partial charge in [0.25, 0.3) is 0 Å². The number of ether oxygens (including phenoxy) is 1. The first-order valence-electron chi connectivity index (χ1n) is 7.46. The number of nitrogens with two attached hydrogens (primary N) is 1. The summed E-state index contributed by atoms with van der Waals surface area (Å²) in [6.07, 6.45) is 0. The summed E-state index contributed by atoms with van der Waals surface area (Å²) in [7, 11) is -1.98. The second-order valence-electron chi connectivity index (χ2n) is 5.51. The van der Waals surface area contributed by atoms with Crippen LogP contribution >= 0.6 is 0 Å². The third-order valence-corrected chi connectivity index (χ3v) is 4.43. The van der Waals surface area contributed by atoms with Gasteiger partial charge >= 0.3 is 0 Å². The minimum Gasteiger partial charge on any atom is -0.383 e. The SMILES string of the molecule is COCCNS(=O)(=O)c1ccc(CN=C(N)NCC(C)C)cc1. The van der Waals surface area contributed by atoms with Crippen LogP contribution in [0, 0.1) is 5.92 Å². The maximum atomic E-state index is 12.0. The van der Waals surface area contributed by atoms with Crippen molar-refractivity contribution >= 4 is 16.0 Å². The lowest BCUT2D eigenvalue weighted by atomic mass is 10.2. The molecule has 0 unspecified atom stereocenters. The molecule has 1 aromatic carbocycles. The number of rotatable bonds is 9. The number of nitrogens with one attached hydrogen (secondary N) is 2. The van der Waals surface area contributed by atoms with Crippen LogP contribution in [0.25, 0.3) is 0 Å². The Hall–Kier alpha value is -1.64. The van der Waals surface area contributed by atoms with Gasteiger partial charge < -0.3 is 15.8 Å². The van der Waals surface area contributed by atoms with Gasteiger partial charge in [0.05, 0.1) is 18.0 Å². The highest BCUT2D eigenvalue weighted by atomic mass is 32.2. The van der Waals surface area contributed by atoms with Crippen molar-refractivity contribution in [3.8, 4) is 0 Å². The van der Waals surface area contributed by atoms with E-state index in [2.05, 4.69) is 28.9 Å². The van der Waals surface area contributed by atoms with Gasteiger partial charge in [-0.1, -0.05) is 26.0 Å². The molecule has 4 N–H and O–H groups in total. The molecule has 130 valence electrons. The third kappa shape index (κ3) is 7.45. The van der Waals surface area contributed by atoms with Gasteiger partial charge in [-0.3, -0.25) is 0 Å². The van der Waals surface area contributed by atoms with Crippen LogP contribution in [0.1, 0.15) is 19.4 Å². The van der Waals surface area contributed by atoms with Gasteiger partial charge in [-0.15, -0.1) is 0 Å². The first kappa shape index (κ1) is 19.4. The van der Waals surface area contributed by atoms with Crippen LogP contribution in [-0.2, 0) is 21.3 Å². The molecule has 0 saturated carbocycles. The molecule has 0 heterocycles. The highest BCUT2D eigenvalue weighted by Crippen LogP contribution is 2.11. The van der Waals surface area contributed by atoms with E-state index in [1.807, 2.05) is 0 Å². The van der Waals surface area contributed by atoms with E-state index in [4.69, 9.17) is 10.5 Å². The zero-order valence-corrected chi connectivity index (χ0v) is 14.7. The van der Waals surface area contributed by atoms with Gasteiger partial charge in [0, 0.05) is 20.2 Å². The van der Waals surface area contributed by atoms with Crippen LogP contribution in [0.3, 0.4) is 0 Å². The fraction of sp³-hybridized carbons (Fsp3) is 0.533. The minimum absolute atomic E-state index is 0.215. The molecule has 0 amide bonds. The van der Waals surface area contributed by atoms with Gasteiger partial charge in [0.15, 0.2) is 5.96 Å². The topological polar surface area (TPSA) is 106 Å². The first-order valence-corrected chi connectivity index (χ1v) is 8.95. The number of hydrogen-bond donors (Lipinski definition) is 3. The number of benzene rings is 1. The van der Waals surface area contributed by atoms with E-state index < -0.39 is 10.0 Å². The van der Waals surface area contributed by atoms with Crippen molar-refractivity contribution in [3.05, 3.63) is 29.8 Å². The molecule has 0 spiro atoms. The molecule has 0 aromatic heterocycles. The van der Waals surface area contributed by atoms with E-state index in [1.54, 1.807) is 24.3 Å². The Bertz CT molecular complexity index is 598. The molecule has 0 aliphatic carbocycles. The predicted octanol–water partition coefficient (Wildman–Crippen LogP) is 0.672. The minimum atomic E-state index is -3.50. The highest BCUT2D eigenvalue weighted by Gasteiger charge is 2.12. The Labute approximate surface area is 138 Å². The number of methoxy groups -OCH3 is 1. The van der Waals surface area contributed by atoms with Gasteiger partial charge in [-0.25, -0.2) is 18.1 Å².